The van der Waals surface area contributed by atoms with Gasteiger partial charge in [0.1, 0.15) is 0 Å². The fourth-order valence-corrected chi connectivity index (χ4v) is 3.31. The monoisotopic (exact) mass is 308 g/mol. The number of amides is 1. The molecule has 0 unspecified atom stereocenters. The van der Waals surface area contributed by atoms with Crippen molar-refractivity contribution in [2.45, 2.75) is 6.92 Å². The molecule has 0 spiro atoms. The average molecular weight is 309 g/mol. The summed E-state index contributed by atoms with van der Waals surface area (Å²) >= 11 is 3.49. The number of aryl methyl sites for hydroxylation is 1. The third kappa shape index (κ3) is 2.08. The fraction of sp³-hybridized carbons (Fsp3) is 0.500. The molecule has 1 N–H and O–H groups in total. The highest BCUT2D eigenvalue weighted by Crippen LogP contribution is 2.28. The first-order chi connectivity index (χ1) is 8.65. The van der Waals surface area contributed by atoms with Crippen molar-refractivity contribution in [3.05, 3.63) is 33.8 Å². The maximum Gasteiger partial charge on any atom is 0.253 e. The molecule has 2 fully saturated rings. The predicted molar refractivity (Wildman–Crippen MR) is 74.6 cm³/mol. The molecule has 2 heterocycles. The molecule has 3 nitrogen and oxygen atoms in total. The Morgan fingerprint density at radius 3 is 2.61 bits per heavy atom. The van der Waals surface area contributed by atoms with Gasteiger partial charge in [0, 0.05) is 36.2 Å². The van der Waals surface area contributed by atoms with E-state index in [1.807, 2.05) is 30.0 Å². The average Bonchev–Trinajstić information content (AvgIpc) is 2.92. The largest absolute Gasteiger partial charge is 0.338 e. The lowest BCUT2D eigenvalue weighted by Crippen LogP contribution is -2.31. The number of fused-ring (bicyclic) bond motifs is 1. The number of nitrogens with zero attached hydrogens (tertiary/aromatic N) is 1. The Morgan fingerprint density at radius 2 is 2.00 bits per heavy atom. The van der Waals surface area contributed by atoms with Gasteiger partial charge in [-0.15, -0.1) is 0 Å². The van der Waals surface area contributed by atoms with Crippen LogP contribution in [0.3, 0.4) is 0 Å². The number of nitrogens with one attached hydrogen (secondary N) is 1. The van der Waals surface area contributed by atoms with Gasteiger partial charge in [-0.3, -0.25) is 4.79 Å². The normalized spacial score (nSPS) is 26.4. The first-order valence-electron chi connectivity index (χ1n) is 6.41. The van der Waals surface area contributed by atoms with Crippen molar-refractivity contribution in [1.29, 1.82) is 0 Å². The fourth-order valence-electron chi connectivity index (χ4n) is 2.93. The molecule has 1 aromatic rings. The van der Waals surface area contributed by atoms with E-state index in [1.165, 1.54) is 0 Å². The smallest absolute Gasteiger partial charge is 0.253 e. The van der Waals surface area contributed by atoms with E-state index in [1.54, 1.807) is 0 Å². The van der Waals surface area contributed by atoms with Crippen molar-refractivity contribution < 1.29 is 4.79 Å². The van der Waals surface area contributed by atoms with Crippen molar-refractivity contribution >= 4 is 21.8 Å². The minimum atomic E-state index is 0.171. The Kier molecular flexibility index (Phi) is 3.16. The highest BCUT2D eigenvalue weighted by Gasteiger charge is 2.38. The lowest BCUT2D eigenvalue weighted by molar-refractivity contribution is 0.0781. The molecule has 0 aliphatic carbocycles. The molecule has 0 bridgehead atoms. The summed E-state index contributed by atoms with van der Waals surface area (Å²) in [6, 6.07) is 5.86. The van der Waals surface area contributed by atoms with Crippen LogP contribution in [0.25, 0.3) is 0 Å². The maximum absolute atomic E-state index is 12.4. The summed E-state index contributed by atoms with van der Waals surface area (Å²) in [6.45, 7) is 5.96. The molecule has 0 aromatic heterocycles. The van der Waals surface area contributed by atoms with Crippen LogP contribution in [0.2, 0.25) is 0 Å². The van der Waals surface area contributed by atoms with Crippen molar-refractivity contribution in [2.75, 3.05) is 26.2 Å². The van der Waals surface area contributed by atoms with Gasteiger partial charge in [0.15, 0.2) is 0 Å². The zero-order valence-corrected chi connectivity index (χ0v) is 12.0. The molecule has 4 heteroatoms. The van der Waals surface area contributed by atoms with E-state index in [2.05, 4.69) is 21.2 Å². The molecular weight excluding hydrogens is 292 g/mol. The van der Waals surface area contributed by atoms with E-state index in [-0.39, 0.29) is 5.91 Å². The molecule has 1 amide bonds. The second-order valence-electron chi connectivity index (χ2n) is 5.35. The minimum absolute atomic E-state index is 0.171. The van der Waals surface area contributed by atoms with E-state index in [0.717, 1.165) is 41.8 Å². The number of hydrogen-bond donors (Lipinski definition) is 1. The van der Waals surface area contributed by atoms with Crippen molar-refractivity contribution in [1.82, 2.24) is 10.2 Å². The van der Waals surface area contributed by atoms with Gasteiger partial charge in [0.05, 0.1) is 0 Å². The number of carbonyl (C=O) groups excluding carboxylic acids is 1. The van der Waals surface area contributed by atoms with Crippen molar-refractivity contribution in [2.24, 2.45) is 11.8 Å². The maximum atomic E-state index is 12.4. The van der Waals surface area contributed by atoms with Gasteiger partial charge in [-0.25, -0.2) is 0 Å². The van der Waals surface area contributed by atoms with Gasteiger partial charge in [0.2, 0.25) is 0 Å². The summed E-state index contributed by atoms with van der Waals surface area (Å²) in [5.41, 5.74) is 1.95. The minimum Gasteiger partial charge on any atom is -0.338 e. The summed E-state index contributed by atoms with van der Waals surface area (Å²) in [4.78, 5) is 14.4. The molecule has 18 heavy (non-hydrogen) atoms. The zero-order chi connectivity index (χ0) is 12.7. The highest BCUT2D eigenvalue weighted by molar-refractivity contribution is 9.10. The van der Waals surface area contributed by atoms with Gasteiger partial charge < -0.3 is 10.2 Å². The molecule has 2 aliphatic rings. The molecule has 96 valence electrons. The van der Waals surface area contributed by atoms with Gasteiger partial charge in [-0.1, -0.05) is 22.0 Å². The number of benzene rings is 1. The predicted octanol–water partition coefficient (Wildman–Crippen LogP) is 2.05. The second-order valence-corrected chi connectivity index (χ2v) is 6.21. The van der Waals surface area contributed by atoms with Crippen molar-refractivity contribution in [3.63, 3.8) is 0 Å². The van der Waals surface area contributed by atoms with E-state index in [4.69, 9.17) is 0 Å². The van der Waals surface area contributed by atoms with Crippen LogP contribution in [-0.2, 0) is 0 Å². The highest BCUT2D eigenvalue weighted by atomic mass is 79.9. The topological polar surface area (TPSA) is 32.3 Å². The number of rotatable bonds is 1. The molecular formula is C14H17BrN2O. The number of carbonyl (C=O) groups is 1. The van der Waals surface area contributed by atoms with Crippen LogP contribution in [-0.4, -0.2) is 37.0 Å². The number of halogens is 1. The second kappa shape index (κ2) is 4.67. The standard InChI is InChI=1S/C14H17BrN2O/c1-9-2-3-10(4-13(9)15)14(18)17-7-11-5-16-6-12(11)8-17/h2-4,11-12,16H,5-8H2,1H3/t11-,12+. The molecule has 0 radical (unpaired) electrons. The van der Waals surface area contributed by atoms with Crippen LogP contribution in [0.5, 0.6) is 0 Å². The Hall–Kier alpha value is -0.870. The third-order valence-corrected chi connectivity index (χ3v) is 4.95. The van der Waals surface area contributed by atoms with Crippen LogP contribution in [0.1, 0.15) is 15.9 Å². The first-order valence-corrected chi connectivity index (χ1v) is 7.20. The van der Waals surface area contributed by atoms with Gasteiger partial charge >= 0.3 is 0 Å². The quantitative estimate of drug-likeness (QED) is 0.861. The van der Waals surface area contributed by atoms with Crippen LogP contribution in [0.4, 0.5) is 0 Å². The first kappa shape index (κ1) is 12.2. The van der Waals surface area contributed by atoms with Crippen LogP contribution in [0.15, 0.2) is 22.7 Å². The Balaban J connectivity index is 1.77. The Bertz CT molecular complexity index is 477. The summed E-state index contributed by atoms with van der Waals surface area (Å²) in [7, 11) is 0. The molecule has 1 aromatic carbocycles. The Morgan fingerprint density at radius 1 is 1.33 bits per heavy atom. The molecule has 2 aliphatic heterocycles. The molecule has 0 saturated carbocycles. The number of likely N-dealkylation sites (tertiary alicyclic amines) is 1. The van der Waals surface area contributed by atoms with E-state index in [0.29, 0.717) is 11.8 Å². The van der Waals surface area contributed by atoms with Gasteiger partial charge in [0.25, 0.3) is 5.91 Å². The summed E-state index contributed by atoms with van der Waals surface area (Å²) in [6.07, 6.45) is 0. The number of hydrogen-bond acceptors (Lipinski definition) is 2. The molecule has 3 rings (SSSR count). The van der Waals surface area contributed by atoms with E-state index >= 15 is 0 Å². The summed E-state index contributed by atoms with van der Waals surface area (Å²) < 4.78 is 1.01. The van der Waals surface area contributed by atoms with Crippen LogP contribution >= 0.6 is 15.9 Å². The molecule has 2 atom stereocenters. The third-order valence-electron chi connectivity index (χ3n) is 4.10. The zero-order valence-electron chi connectivity index (χ0n) is 10.4. The van der Waals surface area contributed by atoms with Gasteiger partial charge in [-0.2, -0.15) is 0 Å². The Labute approximate surface area is 116 Å². The lowest BCUT2D eigenvalue weighted by atomic mass is 10.0. The SMILES string of the molecule is Cc1ccc(C(=O)N2C[C@H]3CNC[C@H]3C2)cc1Br. The van der Waals surface area contributed by atoms with Crippen LogP contribution < -0.4 is 5.32 Å². The van der Waals surface area contributed by atoms with Crippen LogP contribution in [0, 0.1) is 18.8 Å². The summed E-state index contributed by atoms with van der Waals surface area (Å²) in [5, 5.41) is 3.39. The van der Waals surface area contributed by atoms with Crippen molar-refractivity contribution in [3.8, 4) is 0 Å². The summed E-state index contributed by atoms with van der Waals surface area (Å²) in [5.74, 6) is 1.48. The van der Waals surface area contributed by atoms with Gasteiger partial charge in [-0.05, 0) is 36.5 Å². The lowest BCUT2D eigenvalue weighted by Gasteiger charge is -2.18. The van der Waals surface area contributed by atoms with E-state index < -0.39 is 0 Å². The molecule has 2 saturated heterocycles. The van der Waals surface area contributed by atoms with E-state index in [9.17, 15) is 4.79 Å².